The van der Waals surface area contributed by atoms with Gasteiger partial charge < -0.3 is 0 Å². The minimum absolute atomic E-state index is 0.350. The minimum Gasteiger partial charge on any atom is -0.264 e. The molecule has 14 heavy (non-hydrogen) atoms. The number of rotatable bonds is 3. The van der Waals surface area contributed by atoms with Crippen LogP contribution in [0.1, 0.15) is 24.8 Å². The third-order valence-corrected chi connectivity index (χ3v) is 2.97. The highest BCUT2D eigenvalue weighted by Gasteiger charge is 2.40. The molecule has 0 aliphatic rings. The molecule has 1 rings (SSSR count). The van der Waals surface area contributed by atoms with Gasteiger partial charge in [0.25, 0.3) is 0 Å². The molecule has 0 aromatic heterocycles. The number of benzene rings is 1. The first-order valence-corrected chi connectivity index (χ1v) is 4.73. The molecule has 1 atom stereocenters. The van der Waals surface area contributed by atoms with E-state index in [1.54, 1.807) is 12.1 Å². The van der Waals surface area contributed by atoms with Crippen LogP contribution in [0.3, 0.4) is 0 Å². The normalized spacial score (nSPS) is 13.6. The second-order valence-corrected chi connectivity index (χ2v) is 4.12. The first-order valence-electron chi connectivity index (χ1n) is 4.30. The number of nitro groups is 1. The van der Waals surface area contributed by atoms with Gasteiger partial charge in [0.05, 0.1) is 0 Å². The minimum atomic E-state index is -1.15. The third-order valence-electron chi connectivity index (χ3n) is 2.18. The predicted octanol–water partition coefficient (Wildman–Crippen LogP) is 3.02. The van der Waals surface area contributed by atoms with Crippen LogP contribution in [0.5, 0.6) is 0 Å². The van der Waals surface area contributed by atoms with E-state index in [9.17, 15) is 10.1 Å². The summed E-state index contributed by atoms with van der Waals surface area (Å²) in [7, 11) is 0. The number of nitrogens with zero attached hydrogens (tertiary/aromatic N) is 1. The maximum atomic E-state index is 10.8. The molecule has 0 N–H and O–H groups in total. The fourth-order valence-corrected chi connectivity index (χ4v) is 1.35. The smallest absolute Gasteiger partial charge is 0.236 e. The number of halogens is 1. The molecule has 0 spiro atoms. The van der Waals surface area contributed by atoms with Gasteiger partial charge in [0.15, 0.2) is 0 Å². The zero-order valence-corrected chi connectivity index (χ0v) is 8.86. The van der Waals surface area contributed by atoms with E-state index in [1.165, 1.54) is 13.8 Å². The maximum Gasteiger partial charge on any atom is 0.236 e. The summed E-state index contributed by atoms with van der Waals surface area (Å²) in [5.41, 5.74) is -0.376. The quantitative estimate of drug-likeness (QED) is 0.440. The van der Waals surface area contributed by atoms with Gasteiger partial charge in [0.1, 0.15) is 5.38 Å². The molecule has 4 heteroatoms. The van der Waals surface area contributed by atoms with Gasteiger partial charge in [-0.2, -0.15) is 0 Å². The molecular weight excluding hydrogens is 202 g/mol. The lowest BCUT2D eigenvalue weighted by Gasteiger charge is -2.21. The summed E-state index contributed by atoms with van der Waals surface area (Å²) in [6.45, 7) is 3.05. The highest BCUT2D eigenvalue weighted by molar-refractivity contribution is 6.21. The molecule has 0 saturated carbocycles. The Kier molecular flexibility index (Phi) is 3.11. The van der Waals surface area contributed by atoms with Gasteiger partial charge in [-0.15, -0.1) is 11.6 Å². The monoisotopic (exact) mass is 213 g/mol. The Labute approximate surface area is 87.8 Å². The van der Waals surface area contributed by atoms with Crippen LogP contribution in [0.2, 0.25) is 0 Å². The zero-order valence-electron chi connectivity index (χ0n) is 8.11. The van der Waals surface area contributed by atoms with Crippen LogP contribution in [0, 0.1) is 10.1 Å². The van der Waals surface area contributed by atoms with Gasteiger partial charge >= 0.3 is 0 Å². The van der Waals surface area contributed by atoms with Crippen LogP contribution >= 0.6 is 11.6 Å². The Morgan fingerprint density at radius 3 is 2.29 bits per heavy atom. The maximum absolute atomic E-state index is 10.8. The molecule has 1 aromatic carbocycles. The van der Waals surface area contributed by atoms with Crippen LogP contribution in [-0.2, 0) is 0 Å². The fraction of sp³-hybridized carbons (Fsp3) is 0.400. The molecule has 0 fully saturated rings. The molecule has 0 radical (unpaired) electrons. The van der Waals surface area contributed by atoms with E-state index >= 15 is 0 Å². The van der Waals surface area contributed by atoms with Crippen molar-refractivity contribution >= 4 is 11.6 Å². The second kappa shape index (κ2) is 3.96. The Balaban J connectivity index is 2.96. The van der Waals surface area contributed by atoms with Gasteiger partial charge in [-0.25, -0.2) is 0 Å². The first-order chi connectivity index (χ1) is 6.46. The molecule has 3 nitrogen and oxygen atoms in total. The van der Waals surface area contributed by atoms with Crippen LogP contribution in [-0.4, -0.2) is 10.5 Å². The Morgan fingerprint density at radius 2 is 1.86 bits per heavy atom. The first kappa shape index (κ1) is 11.0. The van der Waals surface area contributed by atoms with Gasteiger partial charge in [-0.3, -0.25) is 10.1 Å². The highest BCUT2D eigenvalue weighted by atomic mass is 35.5. The third kappa shape index (κ3) is 2.04. The van der Waals surface area contributed by atoms with Gasteiger partial charge in [0, 0.05) is 18.8 Å². The van der Waals surface area contributed by atoms with Gasteiger partial charge in [-0.1, -0.05) is 30.3 Å². The molecule has 0 aliphatic heterocycles. The summed E-state index contributed by atoms with van der Waals surface area (Å²) in [4.78, 5) is 10.4. The van der Waals surface area contributed by atoms with Crippen LogP contribution in [0.15, 0.2) is 30.3 Å². The predicted molar refractivity (Wildman–Crippen MR) is 56.1 cm³/mol. The van der Waals surface area contributed by atoms with Crippen LogP contribution in [0.25, 0.3) is 0 Å². The van der Waals surface area contributed by atoms with Crippen molar-refractivity contribution in [1.29, 1.82) is 0 Å². The number of hydrogen-bond donors (Lipinski definition) is 0. The van der Waals surface area contributed by atoms with E-state index in [-0.39, 0.29) is 4.92 Å². The SMILES string of the molecule is CC(C)(C(Cl)c1ccccc1)[N+](=O)[O-]. The number of alkyl halides is 1. The summed E-state index contributed by atoms with van der Waals surface area (Å²) in [6.07, 6.45) is 0. The molecule has 1 unspecified atom stereocenters. The van der Waals surface area contributed by atoms with Crippen molar-refractivity contribution in [2.45, 2.75) is 24.8 Å². The summed E-state index contributed by atoms with van der Waals surface area (Å²) in [6, 6.07) is 9.08. The van der Waals surface area contributed by atoms with Crippen LogP contribution < -0.4 is 0 Å². The Morgan fingerprint density at radius 1 is 1.36 bits per heavy atom. The van der Waals surface area contributed by atoms with Crippen LogP contribution in [0.4, 0.5) is 0 Å². The van der Waals surface area contributed by atoms with Gasteiger partial charge in [0.2, 0.25) is 5.54 Å². The molecule has 0 heterocycles. The van der Waals surface area contributed by atoms with Crippen molar-refractivity contribution in [2.75, 3.05) is 0 Å². The largest absolute Gasteiger partial charge is 0.264 e. The molecule has 0 amide bonds. The molecular formula is C10H12ClNO2. The van der Waals surface area contributed by atoms with Crippen molar-refractivity contribution in [2.24, 2.45) is 0 Å². The van der Waals surface area contributed by atoms with E-state index in [0.717, 1.165) is 5.56 Å². The lowest BCUT2D eigenvalue weighted by atomic mass is 9.95. The standard InChI is InChI=1S/C10H12ClNO2/c1-10(2,12(13)14)9(11)8-6-4-3-5-7-8/h3-7,9H,1-2H3. The van der Waals surface area contributed by atoms with Crippen molar-refractivity contribution in [3.63, 3.8) is 0 Å². The van der Waals surface area contributed by atoms with Crippen molar-refractivity contribution in [1.82, 2.24) is 0 Å². The van der Waals surface area contributed by atoms with Gasteiger partial charge in [-0.05, 0) is 5.56 Å². The molecule has 0 aliphatic carbocycles. The van der Waals surface area contributed by atoms with Crippen molar-refractivity contribution in [3.05, 3.63) is 46.0 Å². The second-order valence-electron chi connectivity index (χ2n) is 3.68. The summed E-state index contributed by atoms with van der Waals surface area (Å²) in [5, 5.41) is 10.1. The summed E-state index contributed by atoms with van der Waals surface area (Å²) >= 11 is 6.05. The lowest BCUT2D eigenvalue weighted by Crippen LogP contribution is -2.35. The van der Waals surface area contributed by atoms with Crippen molar-refractivity contribution in [3.8, 4) is 0 Å². The van der Waals surface area contributed by atoms with E-state index < -0.39 is 10.9 Å². The Hall–Kier alpha value is -1.09. The molecule has 76 valence electrons. The number of hydrogen-bond acceptors (Lipinski definition) is 2. The highest BCUT2D eigenvalue weighted by Crippen LogP contribution is 2.33. The summed E-state index contributed by atoms with van der Waals surface area (Å²) < 4.78 is 0. The molecule has 1 aromatic rings. The van der Waals surface area contributed by atoms with E-state index in [1.807, 2.05) is 18.2 Å². The summed E-state index contributed by atoms with van der Waals surface area (Å²) in [5.74, 6) is 0. The Bertz CT molecular complexity index is 324. The van der Waals surface area contributed by atoms with E-state index in [2.05, 4.69) is 0 Å². The topological polar surface area (TPSA) is 43.1 Å². The van der Waals surface area contributed by atoms with E-state index in [0.29, 0.717) is 0 Å². The molecule has 0 bridgehead atoms. The fourth-order valence-electron chi connectivity index (χ4n) is 1.12. The van der Waals surface area contributed by atoms with E-state index in [4.69, 9.17) is 11.6 Å². The average Bonchev–Trinajstić information content (AvgIpc) is 2.17. The average molecular weight is 214 g/mol. The molecule has 0 saturated heterocycles. The zero-order chi connectivity index (χ0) is 10.8. The van der Waals surface area contributed by atoms with Crippen molar-refractivity contribution < 1.29 is 4.92 Å². The lowest BCUT2D eigenvalue weighted by molar-refractivity contribution is -0.561.